The van der Waals surface area contributed by atoms with Crippen molar-refractivity contribution in [1.29, 1.82) is 0 Å². The van der Waals surface area contributed by atoms with Crippen molar-refractivity contribution in [2.75, 3.05) is 43.0 Å². The van der Waals surface area contributed by atoms with E-state index in [1.807, 2.05) is 48.7 Å². The van der Waals surface area contributed by atoms with Crippen LogP contribution in [0.4, 0.5) is 11.6 Å². The summed E-state index contributed by atoms with van der Waals surface area (Å²) < 4.78 is 6.50. The molecular formula is C25H28BrN5O2. The quantitative estimate of drug-likeness (QED) is 0.528. The van der Waals surface area contributed by atoms with Gasteiger partial charge in [-0.25, -0.2) is 9.97 Å². The largest absolute Gasteiger partial charge is 0.484 e. The molecule has 2 saturated heterocycles. The van der Waals surface area contributed by atoms with Crippen LogP contribution in [0.5, 0.6) is 5.75 Å². The van der Waals surface area contributed by atoms with Gasteiger partial charge in [0.25, 0.3) is 5.91 Å². The summed E-state index contributed by atoms with van der Waals surface area (Å²) in [4.78, 5) is 26.6. The molecule has 0 spiro atoms. The molecule has 7 nitrogen and oxygen atoms in total. The van der Waals surface area contributed by atoms with Crippen molar-refractivity contribution in [1.82, 2.24) is 14.9 Å². The molecule has 0 saturated carbocycles. The van der Waals surface area contributed by atoms with E-state index >= 15 is 0 Å². The van der Waals surface area contributed by atoms with Gasteiger partial charge < -0.3 is 19.9 Å². The zero-order valence-corrected chi connectivity index (χ0v) is 20.1. The van der Waals surface area contributed by atoms with Crippen LogP contribution < -0.4 is 15.0 Å². The Balaban J connectivity index is 1.17. The molecule has 1 aromatic heterocycles. The first kappa shape index (κ1) is 22.1. The molecule has 5 rings (SSSR count). The third-order valence-corrected chi connectivity index (χ3v) is 6.97. The highest BCUT2D eigenvalue weighted by atomic mass is 79.9. The Kier molecular flexibility index (Phi) is 6.73. The van der Waals surface area contributed by atoms with E-state index in [2.05, 4.69) is 36.0 Å². The first-order chi connectivity index (χ1) is 16.1. The van der Waals surface area contributed by atoms with Gasteiger partial charge in [0.1, 0.15) is 5.75 Å². The standard InChI is InChI=1S/C25H28BrN5O2/c26-19-3-6-22(7-4-19)33-17-24(32)28-20-5-8-23-18(15-20)16-27-25(29-23)31-13-9-21(10-14-31)30-11-1-2-12-30/h3-8,15-16,21H,1-2,9-14,17H2,(H,28,32). The van der Waals surface area contributed by atoms with Gasteiger partial charge in [-0.3, -0.25) is 4.79 Å². The number of amides is 1. The number of nitrogens with one attached hydrogen (secondary N) is 1. The number of anilines is 2. The number of benzene rings is 2. The van der Waals surface area contributed by atoms with Crippen LogP contribution in [0.25, 0.3) is 10.9 Å². The molecule has 3 heterocycles. The van der Waals surface area contributed by atoms with Crippen molar-refractivity contribution < 1.29 is 9.53 Å². The predicted octanol–water partition coefficient (Wildman–Crippen LogP) is 4.47. The summed E-state index contributed by atoms with van der Waals surface area (Å²) in [5.74, 6) is 1.23. The van der Waals surface area contributed by atoms with Crippen LogP contribution >= 0.6 is 15.9 Å². The number of ether oxygens (including phenoxy) is 1. The van der Waals surface area contributed by atoms with Crippen LogP contribution in [0, 0.1) is 0 Å². The van der Waals surface area contributed by atoms with Crippen molar-refractivity contribution in [3.8, 4) is 5.75 Å². The van der Waals surface area contributed by atoms with E-state index in [0.29, 0.717) is 17.5 Å². The van der Waals surface area contributed by atoms with Gasteiger partial charge in [-0.1, -0.05) is 15.9 Å². The number of carbonyl (C=O) groups is 1. The molecule has 8 heteroatoms. The zero-order valence-electron chi connectivity index (χ0n) is 18.5. The van der Waals surface area contributed by atoms with Crippen molar-refractivity contribution in [2.45, 2.75) is 31.7 Å². The Hall–Kier alpha value is -2.71. The molecule has 2 aliphatic heterocycles. The second-order valence-corrected chi connectivity index (χ2v) is 9.61. The Bertz CT molecular complexity index is 1110. The number of piperidine rings is 1. The number of nitrogens with zero attached hydrogens (tertiary/aromatic N) is 4. The van der Waals surface area contributed by atoms with E-state index in [1.54, 1.807) is 0 Å². The topological polar surface area (TPSA) is 70.6 Å². The second-order valence-electron chi connectivity index (χ2n) is 8.70. The number of halogens is 1. The van der Waals surface area contributed by atoms with Crippen LogP contribution in [-0.2, 0) is 4.79 Å². The van der Waals surface area contributed by atoms with Crippen molar-refractivity contribution in [3.63, 3.8) is 0 Å². The molecule has 1 amide bonds. The Morgan fingerprint density at radius 3 is 2.58 bits per heavy atom. The number of hydrogen-bond acceptors (Lipinski definition) is 6. The maximum absolute atomic E-state index is 12.3. The minimum Gasteiger partial charge on any atom is -0.484 e. The first-order valence-corrected chi connectivity index (χ1v) is 12.4. The third kappa shape index (κ3) is 5.45. The average molecular weight is 510 g/mol. The van der Waals surface area contributed by atoms with Crippen LogP contribution in [-0.4, -0.2) is 59.6 Å². The molecule has 0 unspecified atom stereocenters. The van der Waals surface area contributed by atoms with E-state index in [1.165, 1.54) is 38.8 Å². The lowest BCUT2D eigenvalue weighted by atomic mass is 10.0. The Morgan fingerprint density at radius 2 is 1.82 bits per heavy atom. The summed E-state index contributed by atoms with van der Waals surface area (Å²) in [6.07, 6.45) is 6.88. The van der Waals surface area contributed by atoms with Crippen molar-refractivity contribution >= 4 is 44.4 Å². The number of likely N-dealkylation sites (tertiary alicyclic amines) is 1. The second kappa shape index (κ2) is 10.1. The fraction of sp³-hybridized carbons (Fsp3) is 0.400. The molecular weight excluding hydrogens is 482 g/mol. The monoisotopic (exact) mass is 509 g/mol. The highest BCUT2D eigenvalue weighted by molar-refractivity contribution is 9.10. The van der Waals surface area contributed by atoms with E-state index in [4.69, 9.17) is 9.72 Å². The highest BCUT2D eigenvalue weighted by Crippen LogP contribution is 2.25. The van der Waals surface area contributed by atoms with E-state index in [9.17, 15) is 4.79 Å². The number of carbonyl (C=O) groups excluding carboxylic acids is 1. The molecule has 2 aromatic carbocycles. The Morgan fingerprint density at radius 1 is 1.06 bits per heavy atom. The lowest BCUT2D eigenvalue weighted by Gasteiger charge is -2.36. The number of rotatable bonds is 6. The van der Waals surface area contributed by atoms with E-state index < -0.39 is 0 Å². The van der Waals surface area contributed by atoms with Crippen LogP contribution in [0.1, 0.15) is 25.7 Å². The molecule has 0 atom stereocenters. The summed E-state index contributed by atoms with van der Waals surface area (Å²) >= 11 is 3.38. The minimum atomic E-state index is -0.212. The minimum absolute atomic E-state index is 0.0531. The van der Waals surface area contributed by atoms with Crippen molar-refractivity contribution in [3.05, 3.63) is 53.1 Å². The van der Waals surface area contributed by atoms with Crippen LogP contribution in [0.2, 0.25) is 0 Å². The summed E-state index contributed by atoms with van der Waals surface area (Å²) in [5, 5.41) is 3.78. The lowest BCUT2D eigenvalue weighted by Crippen LogP contribution is -2.44. The van der Waals surface area contributed by atoms with Crippen LogP contribution in [0.15, 0.2) is 53.1 Å². The van der Waals surface area contributed by atoms with Gasteiger partial charge in [0.15, 0.2) is 6.61 Å². The molecule has 2 fully saturated rings. The van der Waals surface area contributed by atoms with Gasteiger partial charge in [-0.05, 0) is 81.2 Å². The van der Waals surface area contributed by atoms with Gasteiger partial charge in [0.2, 0.25) is 5.95 Å². The molecule has 3 aromatic rings. The van der Waals surface area contributed by atoms with Crippen LogP contribution in [0.3, 0.4) is 0 Å². The smallest absolute Gasteiger partial charge is 0.262 e. The summed E-state index contributed by atoms with van der Waals surface area (Å²) in [6, 6.07) is 13.8. The number of fused-ring (bicyclic) bond motifs is 1. The normalized spacial score (nSPS) is 17.4. The molecule has 0 bridgehead atoms. The number of aromatic nitrogens is 2. The molecule has 172 valence electrons. The van der Waals surface area contributed by atoms with Gasteiger partial charge >= 0.3 is 0 Å². The molecule has 0 radical (unpaired) electrons. The fourth-order valence-corrected chi connectivity index (χ4v) is 4.93. The average Bonchev–Trinajstić information content (AvgIpc) is 3.39. The fourth-order valence-electron chi connectivity index (χ4n) is 4.67. The lowest BCUT2D eigenvalue weighted by molar-refractivity contribution is -0.118. The third-order valence-electron chi connectivity index (χ3n) is 6.44. The maximum atomic E-state index is 12.3. The molecule has 2 aliphatic rings. The van der Waals surface area contributed by atoms with Gasteiger partial charge in [0.05, 0.1) is 5.52 Å². The van der Waals surface area contributed by atoms with Crippen molar-refractivity contribution in [2.24, 2.45) is 0 Å². The first-order valence-electron chi connectivity index (χ1n) is 11.6. The predicted molar refractivity (Wildman–Crippen MR) is 134 cm³/mol. The summed E-state index contributed by atoms with van der Waals surface area (Å²) in [6.45, 7) is 4.46. The summed E-state index contributed by atoms with van der Waals surface area (Å²) in [7, 11) is 0. The Labute approximate surface area is 202 Å². The number of hydrogen-bond donors (Lipinski definition) is 1. The maximum Gasteiger partial charge on any atom is 0.262 e. The van der Waals surface area contributed by atoms with Gasteiger partial charge in [-0.15, -0.1) is 0 Å². The van der Waals surface area contributed by atoms with E-state index in [-0.39, 0.29) is 12.5 Å². The van der Waals surface area contributed by atoms with E-state index in [0.717, 1.165) is 34.4 Å². The molecule has 33 heavy (non-hydrogen) atoms. The highest BCUT2D eigenvalue weighted by Gasteiger charge is 2.27. The van der Waals surface area contributed by atoms with Gasteiger partial charge in [0, 0.05) is 40.9 Å². The molecule has 1 N–H and O–H groups in total. The molecule has 0 aliphatic carbocycles. The van der Waals surface area contributed by atoms with Gasteiger partial charge in [-0.2, -0.15) is 0 Å². The SMILES string of the molecule is O=C(COc1ccc(Br)cc1)Nc1ccc2nc(N3CCC(N4CCCC4)CC3)ncc2c1. The zero-order chi connectivity index (χ0) is 22.6. The summed E-state index contributed by atoms with van der Waals surface area (Å²) in [5.41, 5.74) is 1.58.